The molecule has 0 aliphatic heterocycles. The van der Waals surface area contributed by atoms with Crippen LogP contribution in [0.3, 0.4) is 0 Å². The third-order valence-electron chi connectivity index (χ3n) is 7.09. The van der Waals surface area contributed by atoms with E-state index < -0.39 is 7.82 Å². The Labute approximate surface area is 223 Å². The van der Waals surface area contributed by atoms with E-state index in [1.807, 2.05) is 0 Å². The maximum absolute atomic E-state index is 8.88. The molecule has 0 atom stereocenters. The SMILES string of the molecule is CCCCCCCCCCCCc1cccc(C)c1CCCCCCCCCCCC.O=P(O)(O)O. The van der Waals surface area contributed by atoms with Crippen LogP contribution in [0, 0.1) is 6.92 Å². The van der Waals surface area contributed by atoms with E-state index >= 15 is 0 Å². The number of phosphoric acid groups is 1. The molecule has 4 nitrogen and oxygen atoms in total. The molecule has 0 aliphatic carbocycles. The van der Waals surface area contributed by atoms with Gasteiger partial charge in [0, 0.05) is 0 Å². The molecule has 212 valence electrons. The molecule has 0 aromatic heterocycles. The maximum atomic E-state index is 8.88. The van der Waals surface area contributed by atoms with Crippen molar-refractivity contribution in [3.63, 3.8) is 0 Å². The second-order valence-electron chi connectivity index (χ2n) is 10.6. The molecule has 0 bridgehead atoms. The maximum Gasteiger partial charge on any atom is 0.466 e. The van der Waals surface area contributed by atoms with Gasteiger partial charge in [-0.15, -0.1) is 0 Å². The highest BCUT2D eigenvalue weighted by Crippen LogP contribution is 2.26. The third-order valence-corrected chi connectivity index (χ3v) is 7.09. The third kappa shape index (κ3) is 25.0. The van der Waals surface area contributed by atoms with Crippen molar-refractivity contribution >= 4 is 7.82 Å². The van der Waals surface area contributed by atoms with Crippen LogP contribution in [-0.4, -0.2) is 14.7 Å². The predicted molar refractivity (Wildman–Crippen MR) is 157 cm³/mol. The molecule has 0 spiro atoms. The van der Waals surface area contributed by atoms with E-state index in [1.54, 1.807) is 11.1 Å². The molecule has 5 heteroatoms. The summed E-state index contributed by atoms with van der Waals surface area (Å²) in [5, 5.41) is 0. The standard InChI is InChI=1S/C31H56.H3O4P/c1-4-6-8-10-12-14-16-18-20-22-26-30-27-24-25-29(3)31(30)28-23-21-19-17-15-13-11-9-7-5-2;1-5(2,3)4/h24-25,27H,4-23,26,28H2,1-3H3;(H3,1,2,3,4). The number of aryl methyl sites for hydroxylation is 2. The van der Waals surface area contributed by atoms with Gasteiger partial charge in [0.1, 0.15) is 0 Å². The number of hydrogen-bond acceptors (Lipinski definition) is 1. The van der Waals surface area contributed by atoms with Gasteiger partial charge < -0.3 is 14.7 Å². The van der Waals surface area contributed by atoms with E-state index in [0.717, 1.165) is 0 Å². The zero-order valence-electron chi connectivity index (χ0n) is 24.0. The van der Waals surface area contributed by atoms with Gasteiger partial charge in [-0.1, -0.05) is 148 Å². The van der Waals surface area contributed by atoms with Gasteiger partial charge in [-0.25, -0.2) is 4.57 Å². The summed E-state index contributed by atoms with van der Waals surface area (Å²) < 4.78 is 8.88. The molecule has 3 N–H and O–H groups in total. The summed E-state index contributed by atoms with van der Waals surface area (Å²) >= 11 is 0. The van der Waals surface area contributed by atoms with Gasteiger partial charge in [0.25, 0.3) is 0 Å². The zero-order chi connectivity index (χ0) is 26.9. The molecule has 0 amide bonds. The average Bonchev–Trinajstić information content (AvgIpc) is 2.81. The van der Waals surface area contributed by atoms with Crippen LogP contribution < -0.4 is 0 Å². The first-order valence-corrected chi connectivity index (χ1v) is 16.7. The minimum atomic E-state index is -4.64. The molecule has 1 aromatic carbocycles. The van der Waals surface area contributed by atoms with E-state index in [1.165, 1.54) is 147 Å². The Morgan fingerprint density at radius 3 is 1.28 bits per heavy atom. The summed E-state index contributed by atoms with van der Waals surface area (Å²) in [6.07, 6.45) is 31.2. The number of benzene rings is 1. The lowest BCUT2D eigenvalue weighted by molar-refractivity contribution is 0.275. The van der Waals surface area contributed by atoms with Gasteiger partial charge in [-0.2, -0.15) is 0 Å². The Morgan fingerprint density at radius 2 is 0.889 bits per heavy atom. The molecule has 36 heavy (non-hydrogen) atoms. The summed E-state index contributed by atoms with van der Waals surface area (Å²) in [6, 6.07) is 7.02. The fourth-order valence-electron chi connectivity index (χ4n) is 4.95. The number of unbranched alkanes of at least 4 members (excludes halogenated alkanes) is 18. The minimum absolute atomic E-state index is 1.30. The van der Waals surface area contributed by atoms with Crippen molar-refractivity contribution in [2.45, 2.75) is 162 Å². The Bertz CT molecular complexity index is 648. The quantitative estimate of drug-likeness (QED) is 0.104. The molecule has 1 rings (SSSR count). The summed E-state index contributed by atoms with van der Waals surface area (Å²) in [4.78, 5) is 21.6. The Kier molecular flexibility index (Phi) is 24.2. The zero-order valence-corrected chi connectivity index (χ0v) is 24.9. The van der Waals surface area contributed by atoms with Crippen LogP contribution in [0.4, 0.5) is 0 Å². The van der Waals surface area contributed by atoms with E-state index in [0.29, 0.717) is 0 Å². The first kappa shape index (κ1) is 35.3. The van der Waals surface area contributed by atoms with Gasteiger partial charge in [0.15, 0.2) is 0 Å². The van der Waals surface area contributed by atoms with Gasteiger partial charge >= 0.3 is 7.82 Å². The smallest absolute Gasteiger partial charge is 0.303 e. The molecule has 0 radical (unpaired) electrons. The van der Waals surface area contributed by atoms with Crippen LogP contribution in [0.2, 0.25) is 0 Å². The topological polar surface area (TPSA) is 77.8 Å². The Morgan fingerprint density at radius 1 is 0.556 bits per heavy atom. The monoisotopic (exact) mass is 526 g/mol. The second-order valence-corrected chi connectivity index (χ2v) is 11.6. The van der Waals surface area contributed by atoms with E-state index in [2.05, 4.69) is 39.0 Å². The largest absolute Gasteiger partial charge is 0.466 e. The molecule has 0 saturated heterocycles. The molecule has 0 unspecified atom stereocenters. The first-order valence-electron chi connectivity index (χ1n) is 15.1. The highest BCUT2D eigenvalue weighted by molar-refractivity contribution is 7.45. The Hall–Kier alpha value is -0.670. The average molecular weight is 527 g/mol. The van der Waals surface area contributed by atoms with E-state index in [4.69, 9.17) is 19.2 Å². The van der Waals surface area contributed by atoms with E-state index in [-0.39, 0.29) is 0 Å². The van der Waals surface area contributed by atoms with Crippen LogP contribution in [0.25, 0.3) is 0 Å². The van der Waals surface area contributed by atoms with Crippen LogP contribution in [0.5, 0.6) is 0 Å². The molecule has 0 aliphatic rings. The lowest BCUT2D eigenvalue weighted by Crippen LogP contribution is -1.98. The van der Waals surface area contributed by atoms with E-state index in [9.17, 15) is 0 Å². The van der Waals surface area contributed by atoms with Gasteiger partial charge in [0.2, 0.25) is 0 Å². The van der Waals surface area contributed by atoms with Crippen molar-refractivity contribution in [1.82, 2.24) is 0 Å². The van der Waals surface area contributed by atoms with Crippen LogP contribution in [0.15, 0.2) is 18.2 Å². The summed E-state index contributed by atoms with van der Waals surface area (Å²) in [5.74, 6) is 0. The predicted octanol–water partition coefficient (Wildman–Crippen LogP) is 9.99. The summed E-state index contributed by atoms with van der Waals surface area (Å²) in [6.45, 7) is 6.93. The molecule has 0 heterocycles. The second kappa shape index (κ2) is 24.7. The summed E-state index contributed by atoms with van der Waals surface area (Å²) in [7, 11) is -4.64. The molecular formula is C31H59O4P. The van der Waals surface area contributed by atoms with Crippen LogP contribution >= 0.6 is 7.82 Å². The van der Waals surface area contributed by atoms with Crippen molar-refractivity contribution in [2.75, 3.05) is 0 Å². The normalized spacial score (nSPS) is 11.4. The van der Waals surface area contributed by atoms with Crippen molar-refractivity contribution in [3.05, 3.63) is 34.9 Å². The lowest BCUT2D eigenvalue weighted by atomic mass is 9.93. The number of hydrogen-bond donors (Lipinski definition) is 3. The fourth-order valence-corrected chi connectivity index (χ4v) is 4.95. The molecule has 1 aromatic rings. The van der Waals surface area contributed by atoms with Gasteiger partial charge in [-0.05, 0) is 49.3 Å². The highest BCUT2D eigenvalue weighted by Gasteiger charge is 2.06. The van der Waals surface area contributed by atoms with Crippen molar-refractivity contribution in [3.8, 4) is 0 Å². The fraction of sp³-hybridized carbons (Fsp3) is 0.806. The van der Waals surface area contributed by atoms with Crippen LogP contribution in [0.1, 0.15) is 159 Å². The molecule has 0 saturated carbocycles. The highest BCUT2D eigenvalue weighted by atomic mass is 31.2. The summed E-state index contributed by atoms with van der Waals surface area (Å²) in [5.41, 5.74) is 4.86. The van der Waals surface area contributed by atoms with Crippen molar-refractivity contribution in [1.29, 1.82) is 0 Å². The number of rotatable bonds is 22. The van der Waals surface area contributed by atoms with Crippen LogP contribution in [-0.2, 0) is 17.4 Å². The Balaban J connectivity index is 0.00000222. The molecular weight excluding hydrogens is 467 g/mol. The van der Waals surface area contributed by atoms with Gasteiger partial charge in [-0.3, -0.25) is 0 Å². The van der Waals surface area contributed by atoms with Gasteiger partial charge in [0.05, 0.1) is 0 Å². The lowest BCUT2D eigenvalue weighted by Gasteiger charge is -2.13. The van der Waals surface area contributed by atoms with Crippen molar-refractivity contribution < 1.29 is 19.2 Å². The minimum Gasteiger partial charge on any atom is -0.303 e. The molecule has 0 fully saturated rings. The van der Waals surface area contributed by atoms with Crippen molar-refractivity contribution in [2.24, 2.45) is 0 Å². The first-order chi connectivity index (χ1) is 17.3.